The summed E-state index contributed by atoms with van der Waals surface area (Å²) in [4.78, 5) is 16.5. The van der Waals surface area contributed by atoms with E-state index in [2.05, 4.69) is 20.4 Å². The van der Waals surface area contributed by atoms with Crippen molar-refractivity contribution < 1.29 is 9.53 Å². The Morgan fingerprint density at radius 3 is 2.75 bits per heavy atom. The molecule has 3 aromatic rings. The number of amides is 1. The highest BCUT2D eigenvalue weighted by Crippen LogP contribution is 2.25. The molecule has 9 heteroatoms. The van der Waals surface area contributed by atoms with Gasteiger partial charge < -0.3 is 10.5 Å². The fourth-order valence-corrected chi connectivity index (χ4v) is 2.40. The zero-order valence-corrected chi connectivity index (χ0v) is 13.2. The van der Waals surface area contributed by atoms with Gasteiger partial charge in [0.05, 0.1) is 0 Å². The van der Waals surface area contributed by atoms with Crippen LogP contribution in [0.3, 0.4) is 0 Å². The minimum Gasteiger partial charge on any atom is -0.447 e. The molecule has 0 aliphatic heterocycles. The molecule has 0 aliphatic carbocycles. The number of nitrogens with two attached hydrogens (primary N) is 1. The molecule has 122 valence electrons. The van der Waals surface area contributed by atoms with E-state index < -0.39 is 12.1 Å². The van der Waals surface area contributed by atoms with Crippen LogP contribution in [0.4, 0.5) is 4.79 Å². The molecule has 0 bridgehead atoms. The second-order valence-corrected chi connectivity index (χ2v) is 5.22. The van der Waals surface area contributed by atoms with E-state index in [1.165, 1.54) is 4.80 Å². The predicted molar refractivity (Wildman–Crippen MR) is 86.2 cm³/mol. The van der Waals surface area contributed by atoms with Gasteiger partial charge in [0.2, 0.25) is 5.82 Å². The Balaban J connectivity index is 1.95. The molecule has 1 amide bonds. The molecular weight excluding hydrogens is 332 g/mol. The number of halogens is 1. The van der Waals surface area contributed by atoms with Crippen LogP contribution in [0.25, 0.3) is 11.5 Å². The molecule has 2 N–H and O–H groups in total. The maximum absolute atomic E-state index is 11.0. The SMILES string of the molecule is NC(=O)OCC(c1ccccc1Cl)n1nnc(-c2ccccn2)n1. The molecule has 24 heavy (non-hydrogen) atoms. The fourth-order valence-electron chi connectivity index (χ4n) is 2.14. The number of primary amides is 1. The minimum absolute atomic E-state index is 0.0723. The predicted octanol–water partition coefficient (Wildman–Crippen LogP) is 2.07. The summed E-state index contributed by atoms with van der Waals surface area (Å²) in [6.45, 7) is -0.0723. The molecule has 1 aromatic carbocycles. The second-order valence-electron chi connectivity index (χ2n) is 4.82. The van der Waals surface area contributed by atoms with Crippen molar-refractivity contribution in [3.8, 4) is 11.5 Å². The van der Waals surface area contributed by atoms with E-state index in [9.17, 15) is 4.79 Å². The maximum Gasteiger partial charge on any atom is 0.404 e. The summed E-state index contributed by atoms with van der Waals surface area (Å²) in [5.74, 6) is 0.353. The van der Waals surface area contributed by atoms with Gasteiger partial charge in [0.15, 0.2) is 0 Å². The summed E-state index contributed by atoms with van der Waals surface area (Å²) in [6.07, 6.45) is 0.745. The van der Waals surface area contributed by atoms with E-state index in [1.807, 2.05) is 12.1 Å². The quantitative estimate of drug-likeness (QED) is 0.758. The lowest BCUT2D eigenvalue weighted by molar-refractivity contribution is 0.139. The van der Waals surface area contributed by atoms with Crippen molar-refractivity contribution in [2.45, 2.75) is 6.04 Å². The van der Waals surface area contributed by atoms with Crippen molar-refractivity contribution in [3.05, 3.63) is 59.2 Å². The number of carbonyl (C=O) groups is 1. The lowest BCUT2D eigenvalue weighted by Crippen LogP contribution is -2.24. The summed E-state index contributed by atoms with van der Waals surface area (Å²) in [5.41, 5.74) is 6.33. The van der Waals surface area contributed by atoms with Gasteiger partial charge in [-0.25, -0.2) is 4.79 Å². The topological polar surface area (TPSA) is 109 Å². The van der Waals surface area contributed by atoms with Gasteiger partial charge in [-0.15, -0.1) is 10.2 Å². The van der Waals surface area contributed by atoms with Crippen LogP contribution in [0.5, 0.6) is 0 Å². The van der Waals surface area contributed by atoms with Crippen molar-refractivity contribution >= 4 is 17.7 Å². The summed E-state index contributed by atoms with van der Waals surface area (Å²) in [5, 5.41) is 12.8. The first-order chi connectivity index (χ1) is 11.6. The van der Waals surface area contributed by atoms with Gasteiger partial charge in [0, 0.05) is 16.8 Å². The molecule has 1 atom stereocenters. The average Bonchev–Trinajstić information content (AvgIpc) is 3.07. The lowest BCUT2D eigenvalue weighted by Gasteiger charge is -2.16. The number of carbonyl (C=O) groups excluding carboxylic acids is 1. The number of tetrazole rings is 1. The second kappa shape index (κ2) is 7.05. The standard InChI is InChI=1S/C15H13ClN6O2/c16-11-6-2-1-5-10(11)13(9-24-15(17)23)22-20-14(19-21-22)12-7-3-4-8-18-12/h1-8,13H,9H2,(H2,17,23). The number of ether oxygens (including phenoxy) is 1. The van der Waals surface area contributed by atoms with Crippen LogP contribution in [0.2, 0.25) is 5.02 Å². The van der Waals surface area contributed by atoms with E-state index in [-0.39, 0.29) is 6.61 Å². The monoisotopic (exact) mass is 344 g/mol. The molecule has 8 nitrogen and oxygen atoms in total. The van der Waals surface area contributed by atoms with E-state index in [4.69, 9.17) is 22.1 Å². The third kappa shape index (κ3) is 3.49. The largest absolute Gasteiger partial charge is 0.447 e. The summed E-state index contributed by atoms with van der Waals surface area (Å²) < 4.78 is 4.92. The van der Waals surface area contributed by atoms with Crippen LogP contribution in [0.15, 0.2) is 48.7 Å². The first-order valence-corrected chi connectivity index (χ1v) is 7.40. The molecule has 3 rings (SSSR count). The highest BCUT2D eigenvalue weighted by Gasteiger charge is 2.22. The third-order valence-electron chi connectivity index (χ3n) is 3.25. The summed E-state index contributed by atoms with van der Waals surface area (Å²) in [7, 11) is 0. The van der Waals surface area contributed by atoms with Crippen LogP contribution >= 0.6 is 11.6 Å². The van der Waals surface area contributed by atoms with Gasteiger partial charge in [-0.05, 0) is 23.4 Å². The molecule has 0 fully saturated rings. The summed E-state index contributed by atoms with van der Waals surface area (Å²) >= 11 is 6.23. The number of benzene rings is 1. The van der Waals surface area contributed by atoms with Gasteiger partial charge in [0.1, 0.15) is 18.3 Å². The van der Waals surface area contributed by atoms with Crippen LogP contribution in [0.1, 0.15) is 11.6 Å². The van der Waals surface area contributed by atoms with Gasteiger partial charge in [-0.3, -0.25) is 4.98 Å². The Hall–Kier alpha value is -3.00. The first kappa shape index (κ1) is 15.9. The highest BCUT2D eigenvalue weighted by atomic mass is 35.5. The minimum atomic E-state index is -0.892. The molecule has 0 spiro atoms. The Labute approximate surface area is 142 Å². The number of pyridine rings is 1. The first-order valence-electron chi connectivity index (χ1n) is 7.02. The van der Waals surface area contributed by atoms with Crippen molar-refractivity contribution in [3.63, 3.8) is 0 Å². The van der Waals surface area contributed by atoms with Crippen molar-refractivity contribution in [2.24, 2.45) is 5.73 Å². The molecule has 1 unspecified atom stereocenters. The van der Waals surface area contributed by atoms with Crippen molar-refractivity contribution in [1.82, 2.24) is 25.2 Å². The van der Waals surface area contributed by atoms with E-state index >= 15 is 0 Å². The van der Waals surface area contributed by atoms with Crippen molar-refractivity contribution in [1.29, 1.82) is 0 Å². The van der Waals surface area contributed by atoms with Crippen LogP contribution in [-0.2, 0) is 4.74 Å². The normalized spacial score (nSPS) is 11.9. The summed E-state index contributed by atoms with van der Waals surface area (Å²) in [6, 6.07) is 12.0. The Morgan fingerprint density at radius 1 is 1.25 bits per heavy atom. The van der Waals surface area contributed by atoms with Gasteiger partial charge in [0.25, 0.3) is 0 Å². The van der Waals surface area contributed by atoms with Crippen molar-refractivity contribution in [2.75, 3.05) is 6.61 Å². The molecule has 2 heterocycles. The number of hydrogen-bond donors (Lipinski definition) is 1. The molecule has 0 saturated carbocycles. The zero-order valence-electron chi connectivity index (χ0n) is 12.4. The Kier molecular flexibility index (Phi) is 4.66. The van der Waals surface area contributed by atoms with Gasteiger partial charge >= 0.3 is 6.09 Å². The Morgan fingerprint density at radius 2 is 2.04 bits per heavy atom. The number of hydrogen-bond acceptors (Lipinski definition) is 6. The molecule has 2 aromatic heterocycles. The van der Waals surface area contributed by atoms with E-state index in [0.29, 0.717) is 22.1 Å². The van der Waals surface area contributed by atoms with Crippen LogP contribution in [0, 0.1) is 0 Å². The van der Waals surface area contributed by atoms with Gasteiger partial charge in [-0.2, -0.15) is 4.80 Å². The number of aromatic nitrogens is 5. The Bertz CT molecular complexity index is 839. The molecule has 0 saturated heterocycles. The smallest absolute Gasteiger partial charge is 0.404 e. The third-order valence-corrected chi connectivity index (χ3v) is 3.59. The lowest BCUT2D eigenvalue weighted by atomic mass is 10.1. The average molecular weight is 345 g/mol. The molecule has 0 radical (unpaired) electrons. The van der Waals surface area contributed by atoms with E-state index in [1.54, 1.807) is 36.5 Å². The number of rotatable bonds is 5. The molecule has 0 aliphatic rings. The maximum atomic E-state index is 11.0. The van der Waals surface area contributed by atoms with Crippen LogP contribution in [-0.4, -0.2) is 37.9 Å². The zero-order chi connectivity index (χ0) is 16.9. The van der Waals surface area contributed by atoms with Gasteiger partial charge in [-0.1, -0.05) is 35.9 Å². The highest BCUT2D eigenvalue weighted by molar-refractivity contribution is 6.31. The van der Waals surface area contributed by atoms with E-state index in [0.717, 1.165) is 0 Å². The fraction of sp³-hybridized carbons (Fsp3) is 0.133. The molecular formula is C15H13ClN6O2. The van der Waals surface area contributed by atoms with Crippen LogP contribution < -0.4 is 5.73 Å². The number of nitrogens with zero attached hydrogens (tertiary/aromatic N) is 5.